The van der Waals surface area contributed by atoms with Crippen LogP contribution in [0, 0.1) is 6.92 Å². The quantitative estimate of drug-likeness (QED) is 0.762. The average molecular weight is 356 g/mol. The number of carbonyl (C=O) groups is 1. The van der Waals surface area contributed by atoms with E-state index in [1.165, 1.54) is 18.4 Å². The number of benzene rings is 1. The summed E-state index contributed by atoms with van der Waals surface area (Å²) in [6.45, 7) is 2.22. The van der Waals surface area contributed by atoms with Gasteiger partial charge in [0.15, 0.2) is 0 Å². The molecular formula is C17H16N4O3S. The first kappa shape index (κ1) is 16.8. The number of amides is 1. The Balaban J connectivity index is 1.99. The third kappa shape index (κ3) is 3.43. The van der Waals surface area contributed by atoms with Crippen molar-refractivity contribution >= 4 is 17.2 Å². The fraction of sp³-hybridized carbons (Fsp3) is 0.176. The van der Waals surface area contributed by atoms with Gasteiger partial charge in [-0.15, -0.1) is 11.3 Å². The van der Waals surface area contributed by atoms with E-state index < -0.39 is 17.2 Å². The predicted octanol–water partition coefficient (Wildman–Crippen LogP) is 1.23. The van der Waals surface area contributed by atoms with Crippen LogP contribution in [0.25, 0.3) is 5.69 Å². The van der Waals surface area contributed by atoms with Crippen LogP contribution in [0.5, 0.6) is 0 Å². The van der Waals surface area contributed by atoms with Gasteiger partial charge in [-0.2, -0.15) is 9.78 Å². The van der Waals surface area contributed by atoms with Gasteiger partial charge in [0.25, 0.3) is 11.5 Å². The minimum absolute atomic E-state index is 0.297. The molecule has 0 saturated heterocycles. The van der Waals surface area contributed by atoms with E-state index >= 15 is 0 Å². The Morgan fingerprint density at radius 3 is 2.56 bits per heavy atom. The molecule has 0 fully saturated rings. The van der Waals surface area contributed by atoms with Gasteiger partial charge in [0.05, 0.1) is 12.2 Å². The topological polar surface area (TPSA) is 86.0 Å². The summed E-state index contributed by atoms with van der Waals surface area (Å²) in [5.74, 6) is -0.616. The highest BCUT2D eigenvalue weighted by Gasteiger charge is 2.18. The van der Waals surface area contributed by atoms with Crippen LogP contribution < -0.4 is 16.6 Å². The lowest BCUT2D eigenvalue weighted by atomic mass is 10.2. The molecule has 1 amide bonds. The number of nitrogens with one attached hydrogen (secondary N) is 1. The molecule has 8 heteroatoms. The SMILES string of the molecule is Cc1ccc(-n2nc(C(=O)NCc3cccs3)c(=O)n(C)c2=O)cc1. The molecule has 0 saturated carbocycles. The molecule has 0 aliphatic carbocycles. The average Bonchev–Trinajstić information content (AvgIpc) is 3.12. The van der Waals surface area contributed by atoms with Gasteiger partial charge in [0.2, 0.25) is 5.69 Å². The first-order valence-corrected chi connectivity index (χ1v) is 8.43. The molecule has 0 bridgehead atoms. The Kier molecular flexibility index (Phi) is 4.62. The number of thiophene rings is 1. The summed E-state index contributed by atoms with van der Waals surface area (Å²) in [6, 6.07) is 10.8. The van der Waals surface area contributed by atoms with Crippen molar-refractivity contribution in [3.05, 3.63) is 78.8 Å². The van der Waals surface area contributed by atoms with Gasteiger partial charge in [-0.3, -0.25) is 14.2 Å². The highest BCUT2D eigenvalue weighted by molar-refractivity contribution is 7.09. The fourth-order valence-corrected chi connectivity index (χ4v) is 2.88. The monoisotopic (exact) mass is 356 g/mol. The Morgan fingerprint density at radius 1 is 1.20 bits per heavy atom. The Morgan fingerprint density at radius 2 is 1.92 bits per heavy atom. The van der Waals surface area contributed by atoms with Gasteiger partial charge >= 0.3 is 5.69 Å². The largest absolute Gasteiger partial charge is 0.351 e. The molecule has 7 nitrogen and oxygen atoms in total. The summed E-state index contributed by atoms with van der Waals surface area (Å²) in [4.78, 5) is 37.9. The standard InChI is InChI=1S/C17H16N4O3S/c1-11-5-7-12(8-6-11)21-17(24)20(2)16(23)14(19-21)15(22)18-10-13-4-3-9-25-13/h3-9H,10H2,1-2H3,(H,18,22). The summed E-state index contributed by atoms with van der Waals surface area (Å²) in [7, 11) is 1.33. The fourth-order valence-electron chi connectivity index (χ4n) is 2.23. The van der Waals surface area contributed by atoms with E-state index in [0.717, 1.165) is 19.7 Å². The predicted molar refractivity (Wildman–Crippen MR) is 95.3 cm³/mol. The van der Waals surface area contributed by atoms with Crippen LogP contribution in [0.3, 0.4) is 0 Å². The maximum absolute atomic E-state index is 12.4. The zero-order chi connectivity index (χ0) is 18.0. The minimum Gasteiger partial charge on any atom is -0.346 e. The molecule has 0 aliphatic rings. The number of aryl methyl sites for hydroxylation is 1. The second-order valence-electron chi connectivity index (χ2n) is 5.50. The van der Waals surface area contributed by atoms with Gasteiger partial charge < -0.3 is 5.32 Å². The van der Waals surface area contributed by atoms with Crippen molar-refractivity contribution in [3.8, 4) is 5.69 Å². The van der Waals surface area contributed by atoms with Crippen molar-refractivity contribution in [2.24, 2.45) is 7.05 Å². The first-order chi connectivity index (χ1) is 12.0. The lowest BCUT2D eigenvalue weighted by Gasteiger charge is -2.09. The summed E-state index contributed by atoms with van der Waals surface area (Å²) in [6.07, 6.45) is 0. The summed E-state index contributed by atoms with van der Waals surface area (Å²) in [5, 5.41) is 8.55. The molecule has 0 unspecified atom stereocenters. The van der Waals surface area contributed by atoms with Crippen molar-refractivity contribution in [1.29, 1.82) is 0 Å². The number of carbonyl (C=O) groups excluding carboxylic acids is 1. The molecule has 128 valence electrons. The van der Waals surface area contributed by atoms with Crippen LogP contribution in [0.15, 0.2) is 51.4 Å². The van der Waals surface area contributed by atoms with Crippen LogP contribution in [0.2, 0.25) is 0 Å². The number of hydrogen-bond acceptors (Lipinski definition) is 5. The molecule has 2 heterocycles. The van der Waals surface area contributed by atoms with Crippen molar-refractivity contribution in [2.45, 2.75) is 13.5 Å². The summed E-state index contributed by atoms with van der Waals surface area (Å²) >= 11 is 1.50. The maximum Gasteiger partial charge on any atom is 0.351 e. The van der Waals surface area contributed by atoms with Crippen molar-refractivity contribution in [2.75, 3.05) is 0 Å². The smallest absolute Gasteiger partial charge is 0.346 e. The number of hydrogen-bond donors (Lipinski definition) is 1. The van der Waals surface area contributed by atoms with Crippen molar-refractivity contribution in [1.82, 2.24) is 19.7 Å². The van der Waals surface area contributed by atoms with E-state index in [1.54, 1.807) is 12.1 Å². The van der Waals surface area contributed by atoms with E-state index in [0.29, 0.717) is 12.2 Å². The van der Waals surface area contributed by atoms with Gasteiger partial charge in [-0.25, -0.2) is 4.79 Å². The molecule has 0 atom stereocenters. The molecule has 0 radical (unpaired) electrons. The maximum atomic E-state index is 12.4. The Bertz CT molecular complexity index is 1020. The van der Waals surface area contributed by atoms with Crippen LogP contribution >= 0.6 is 11.3 Å². The zero-order valence-electron chi connectivity index (χ0n) is 13.7. The van der Waals surface area contributed by atoms with Gasteiger partial charge in [0, 0.05) is 11.9 Å². The molecule has 25 heavy (non-hydrogen) atoms. The Labute approximate surface area is 147 Å². The van der Waals surface area contributed by atoms with Crippen LogP contribution in [-0.2, 0) is 13.6 Å². The van der Waals surface area contributed by atoms with E-state index in [-0.39, 0.29) is 5.69 Å². The molecule has 3 rings (SSSR count). The Hall–Kier alpha value is -3.00. The molecule has 3 aromatic rings. The molecule has 2 aromatic heterocycles. The first-order valence-electron chi connectivity index (χ1n) is 7.55. The molecular weight excluding hydrogens is 340 g/mol. The lowest BCUT2D eigenvalue weighted by Crippen LogP contribution is -2.44. The summed E-state index contributed by atoms with van der Waals surface area (Å²) < 4.78 is 1.94. The van der Waals surface area contributed by atoms with E-state index in [1.807, 2.05) is 36.6 Å². The lowest BCUT2D eigenvalue weighted by molar-refractivity contribution is 0.0941. The van der Waals surface area contributed by atoms with Crippen molar-refractivity contribution < 1.29 is 4.79 Å². The highest BCUT2D eigenvalue weighted by atomic mass is 32.1. The van der Waals surface area contributed by atoms with Gasteiger partial charge in [-0.05, 0) is 30.5 Å². The van der Waals surface area contributed by atoms with E-state index in [2.05, 4.69) is 10.4 Å². The van der Waals surface area contributed by atoms with Gasteiger partial charge in [-0.1, -0.05) is 23.8 Å². The number of rotatable bonds is 4. The minimum atomic E-state index is -0.725. The van der Waals surface area contributed by atoms with Crippen molar-refractivity contribution in [3.63, 3.8) is 0 Å². The van der Waals surface area contributed by atoms with Crippen LogP contribution in [0.4, 0.5) is 0 Å². The molecule has 1 N–H and O–H groups in total. The molecule has 0 aliphatic heterocycles. The van der Waals surface area contributed by atoms with Crippen LogP contribution in [0.1, 0.15) is 20.9 Å². The van der Waals surface area contributed by atoms with E-state index in [9.17, 15) is 14.4 Å². The second kappa shape index (κ2) is 6.86. The second-order valence-corrected chi connectivity index (χ2v) is 6.54. The summed E-state index contributed by atoms with van der Waals surface area (Å²) in [5.41, 5.74) is -0.144. The number of aromatic nitrogens is 3. The highest BCUT2D eigenvalue weighted by Crippen LogP contribution is 2.08. The van der Waals surface area contributed by atoms with Crippen LogP contribution in [-0.4, -0.2) is 20.3 Å². The normalized spacial score (nSPS) is 10.6. The van der Waals surface area contributed by atoms with E-state index in [4.69, 9.17) is 0 Å². The number of nitrogens with zero attached hydrogens (tertiary/aromatic N) is 3. The molecule has 1 aromatic carbocycles. The zero-order valence-corrected chi connectivity index (χ0v) is 14.5. The third-order valence-corrected chi connectivity index (χ3v) is 4.55. The third-order valence-electron chi connectivity index (χ3n) is 3.67. The van der Waals surface area contributed by atoms with Gasteiger partial charge in [0.1, 0.15) is 0 Å². The molecule has 0 spiro atoms.